The lowest BCUT2D eigenvalue weighted by atomic mass is 10.1. The summed E-state index contributed by atoms with van der Waals surface area (Å²) >= 11 is 1.57. The minimum Gasteiger partial charge on any atom is -0.345 e. The molecule has 0 fully saturated rings. The van der Waals surface area contributed by atoms with Gasteiger partial charge in [0.1, 0.15) is 5.82 Å². The summed E-state index contributed by atoms with van der Waals surface area (Å²) in [7, 11) is 3.41. The summed E-state index contributed by atoms with van der Waals surface area (Å²) in [5.41, 5.74) is 2.19. The fourth-order valence-corrected chi connectivity index (χ4v) is 3.15. The Balaban J connectivity index is 1.63. The second kappa shape index (κ2) is 10.6. The Morgan fingerprint density at radius 3 is 2.41 bits per heavy atom. The van der Waals surface area contributed by atoms with E-state index in [0.29, 0.717) is 35.7 Å². The molecule has 0 spiro atoms. The maximum absolute atomic E-state index is 13.5. The highest BCUT2D eigenvalue weighted by Gasteiger charge is 2.07. The molecule has 0 unspecified atom stereocenters. The van der Waals surface area contributed by atoms with Crippen LogP contribution in [-0.4, -0.2) is 43.2 Å². The highest BCUT2D eigenvalue weighted by atomic mass is 32.2. The van der Waals surface area contributed by atoms with E-state index in [2.05, 4.69) is 10.6 Å². The Bertz CT molecular complexity index is 766. The van der Waals surface area contributed by atoms with Gasteiger partial charge in [0.15, 0.2) is 0 Å². The van der Waals surface area contributed by atoms with Gasteiger partial charge in [0.05, 0.1) is 0 Å². The quantitative estimate of drug-likeness (QED) is 0.682. The lowest BCUT2D eigenvalue weighted by molar-refractivity contribution is 0.0827. The highest BCUT2D eigenvalue weighted by molar-refractivity contribution is 7.98. The number of carbonyl (C=O) groups excluding carboxylic acids is 2. The van der Waals surface area contributed by atoms with Gasteiger partial charge in [-0.15, -0.1) is 0 Å². The molecule has 2 N–H and O–H groups in total. The van der Waals surface area contributed by atoms with Crippen LogP contribution in [0.2, 0.25) is 0 Å². The summed E-state index contributed by atoms with van der Waals surface area (Å²) in [6, 6.07) is 13.6. The van der Waals surface area contributed by atoms with E-state index < -0.39 is 0 Å². The van der Waals surface area contributed by atoms with Crippen LogP contribution in [0.4, 0.5) is 9.18 Å². The normalized spacial score (nSPS) is 10.3. The van der Waals surface area contributed by atoms with Gasteiger partial charge in [0.2, 0.25) is 0 Å². The molecular formula is C20H24FN3O2S. The topological polar surface area (TPSA) is 61.4 Å². The van der Waals surface area contributed by atoms with E-state index in [1.165, 1.54) is 11.0 Å². The second-order valence-electron chi connectivity index (χ2n) is 6.15. The molecule has 2 aromatic carbocycles. The number of thioether (sulfide) groups is 1. The van der Waals surface area contributed by atoms with E-state index in [0.717, 1.165) is 5.56 Å². The Morgan fingerprint density at radius 2 is 1.74 bits per heavy atom. The zero-order valence-electron chi connectivity index (χ0n) is 15.5. The monoisotopic (exact) mass is 389 g/mol. The number of nitrogens with one attached hydrogen (secondary N) is 2. The minimum atomic E-state index is -0.255. The molecule has 3 amide bonds. The largest absolute Gasteiger partial charge is 0.345 e. The molecule has 0 bridgehead atoms. The number of halogens is 1. The molecule has 0 aliphatic heterocycles. The number of hydrogen-bond acceptors (Lipinski definition) is 3. The molecular weight excluding hydrogens is 365 g/mol. The predicted octanol–water partition coefficient (Wildman–Crippen LogP) is 3.26. The first kappa shape index (κ1) is 20.8. The van der Waals surface area contributed by atoms with Gasteiger partial charge in [0, 0.05) is 44.3 Å². The number of rotatable bonds is 8. The SMILES string of the molecule is CN(C)C(=O)c1ccc(CNC(=O)NCCSCc2ccccc2F)cc1. The zero-order chi connectivity index (χ0) is 19.6. The molecule has 0 aliphatic carbocycles. The molecule has 0 aliphatic rings. The number of nitrogens with zero attached hydrogens (tertiary/aromatic N) is 1. The van der Waals surface area contributed by atoms with E-state index in [4.69, 9.17) is 0 Å². The van der Waals surface area contributed by atoms with Crippen molar-refractivity contribution in [1.29, 1.82) is 0 Å². The van der Waals surface area contributed by atoms with Gasteiger partial charge in [-0.25, -0.2) is 9.18 Å². The third kappa shape index (κ3) is 6.94. The van der Waals surface area contributed by atoms with Crippen LogP contribution in [0.1, 0.15) is 21.5 Å². The van der Waals surface area contributed by atoms with Crippen LogP contribution in [0.3, 0.4) is 0 Å². The molecule has 27 heavy (non-hydrogen) atoms. The first-order valence-electron chi connectivity index (χ1n) is 8.61. The molecule has 0 radical (unpaired) electrons. The fraction of sp³-hybridized carbons (Fsp3) is 0.300. The Morgan fingerprint density at radius 1 is 1.04 bits per heavy atom. The first-order valence-corrected chi connectivity index (χ1v) is 9.76. The molecule has 0 saturated carbocycles. The molecule has 144 valence electrons. The van der Waals surface area contributed by atoms with Crippen molar-refractivity contribution in [3.05, 3.63) is 71.0 Å². The number of amides is 3. The molecule has 2 rings (SSSR count). The Kier molecular flexibility index (Phi) is 8.13. The van der Waals surface area contributed by atoms with Crippen molar-refractivity contribution in [1.82, 2.24) is 15.5 Å². The molecule has 0 atom stereocenters. The summed E-state index contributed by atoms with van der Waals surface area (Å²) in [5.74, 6) is 1.02. The van der Waals surface area contributed by atoms with Crippen LogP contribution in [-0.2, 0) is 12.3 Å². The van der Waals surface area contributed by atoms with Crippen LogP contribution in [0.5, 0.6) is 0 Å². The first-order chi connectivity index (χ1) is 13.0. The van der Waals surface area contributed by atoms with E-state index in [-0.39, 0.29) is 17.8 Å². The number of benzene rings is 2. The average Bonchev–Trinajstić information content (AvgIpc) is 2.67. The maximum atomic E-state index is 13.5. The third-order valence-electron chi connectivity index (χ3n) is 3.81. The van der Waals surface area contributed by atoms with Crippen molar-refractivity contribution in [3.63, 3.8) is 0 Å². The maximum Gasteiger partial charge on any atom is 0.315 e. The lowest BCUT2D eigenvalue weighted by Gasteiger charge is -2.11. The second-order valence-corrected chi connectivity index (χ2v) is 7.26. The van der Waals surface area contributed by atoms with E-state index in [9.17, 15) is 14.0 Å². The van der Waals surface area contributed by atoms with Crippen molar-refractivity contribution in [2.45, 2.75) is 12.3 Å². The molecule has 2 aromatic rings. The van der Waals surface area contributed by atoms with Gasteiger partial charge in [-0.05, 0) is 29.3 Å². The van der Waals surface area contributed by atoms with Gasteiger partial charge in [0.25, 0.3) is 5.91 Å². The summed E-state index contributed by atoms with van der Waals surface area (Å²) in [6.07, 6.45) is 0. The third-order valence-corrected chi connectivity index (χ3v) is 4.82. The molecule has 7 heteroatoms. The fourth-order valence-electron chi connectivity index (χ4n) is 2.30. The smallest absolute Gasteiger partial charge is 0.315 e. The van der Waals surface area contributed by atoms with E-state index in [1.54, 1.807) is 50.1 Å². The van der Waals surface area contributed by atoms with Crippen molar-refractivity contribution < 1.29 is 14.0 Å². The van der Waals surface area contributed by atoms with Crippen LogP contribution in [0, 0.1) is 5.82 Å². The average molecular weight is 389 g/mol. The van der Waals surface area contributed by atoms with Crippen molar-refractivity contribution in [2.75, 3.05) is 26.4 Å². The standard InChI is InChI=1S/C20H24FN3O2S/c1-24(2)19(25)16-9-7-15(8-10-16)13-23-20(26)22-11-12-27-14-17-5-3-4-6-18(17)21/h3-10H,11-14H2,1-2H3,(H2,22,23,26). The van der Waals surface area contributed by atoms with Crippen LogP contribution < -0.4 is 10.6 Å². The van der Waals surface area contributed by atoms with Gasteiger partial charge >= 0.3 is 6.03 Å². The number of urea groups is 1. The van der Waals surface area contributed by atoms with Crippen molar-refractivity contribution in [3.8, 4) is 0 Å². The summed E-state index contributed by atoms with van der Waals surface area (Å²) < 4.78 is 13.5. The van der Waals surface area contributed by atoms with Crippen LogP contribution in [0.25, 0.3) is 0 Å². The van der Waals surface area contributed by atoms with E-state index in [1.807, 2.05) is 18.2 Å². The number of carbonyl (C=O) groups is 2. The van der Waals surface area contributed by atoms with Gasteiger partial charge in [-0.1, -0.05) is 30.3 Å². The van der Waals surface area contributed by atoms with Crippen LogP contribution in [0.15, 0.2) is 48.5 Å². The molecule has 0 aromatic heterocycles. The molecule has 5 nitrogen and oxygen atoms in total. The summed E-state index contributed by atoms with van der Waals surface area (Å²) in [6.45, 7) is 0.881. The van der Waals surface area contributed by atoms with E-state index >= 15 is 0 Å². The predicted molar refractivity (Wildman–Crippen MR) is 107 cm³/mol. The Labute approximate surface area is 163 Å². The highest BCUT2D eigenvalue weighted by Crippen LogP contribution is 2.14. The van der Waals surface area contributed by atoms with Crippen molar-refractivity contribution in [2.24, 2.45) is 0 Å². The summed E-state index contributed by atoms with van der Waals surface area (Å²) in [4.78, 5) is 25.2. The molecule has 0 heterocycles. The number of hydrogen-bond donors (Lipinski definition) is 2. The molecule has 0 saturated heterocycles. The minimum absolute atomic E-state index is 0.0554. The lowest BCUT2D eigenvalue weighted by Crippen LogP contribution is -2.36. The van der Waals surface area contributed by atoms with Crippen molar-refractivity contribution >= 4 is 23.7 Å². The zero-order valence-corrected chi connectivity index (χ0v) is 16.3. The van der Waals surface area contributed by atoms with Gasteiger partial charge < -0.3 is 15.5 Å². The van der Waals surface area contributed by atoms with Crippen LogP contribution >= 0.6 is 11.8 Å². The van der Waals surface area contributed by atoms with Gasteiger partial charge in [-0.2, -0.15) is 11.8 Å². The Hall–Kier alpha value is -2.54. The summed E-state index contributed by atoms with van der Waals surface area (Å²) in [5, 5.41) is 5.55. The van der Waals surface area contributed by atoms with Gasteiger partial charge in [-0.3, -0.25) is 4.79 Å².